The number of nitrogens with zero attached hydrogens (tertiary/aromatic N) is 4. The molecule has 4 aromatic rings. The van der Waals surface area contributed by atoms with Gasteiger partial charge in [0.15, 0.2) is 5.65 Å². The van der Waals surface area contributed by atoms with Crippen LogP contribution >= 0.6 is 0 Å². The van der Waals surface area contributed by atoms with E-state index in [1.54, 1.807) is 35.7 Å². The molecule has 4 rings (SSSR count). The van der Waals surface area contributed by atoms with Gasteiger partial charge in [-0.1, -0.05) is 18.2 Å². The zero-order chi connectivity index (χ0) is 21.5. The van der Waals surface area contributed by atoms with E-state index < -0.39 is 10.0 Å². The number of sulfonamides is 1. The van der Waals surface area contributed by atoms with Crippen LogP contribution in [0, 0.1) is 26.6 Å². The molecular formula is C22H21FN4O2S. The molecule has 2 aromatic carbocycles. The number of rotatable bonds is 5. The van der Waals surface area contributed by atoms with Gasteiger partial charge in [-0.05, 0) is 73.9 Å². The van der Waals surface area contributed by atoms with Crippen LogP contribution in [0.2, 0.25) is 0 Å². The summed E-state index contributed by atoms with van der Waals surface area (Å²) in [5.74, 6) is 0.224. The predicted octanol–water partition coefficient (Wildman–Crippen LogP) is 4.19. The van der Waals surface area contributed by atoms with Crippen LogP contribution < -0.4 is 4.31 Å². The van der Waals surface area contributed by atoms with Crippen LogP contribution in [-0.4, -0.2) is 23.0 Å². The fourth-order valence-corrected chi connectivity index (χ4v) is 5.05. The molecule has 8 heteroatoms. The fraction of sp³-hybridized carbons (Fsp3) is 0.182. The lowest BCUT2D eigenvalue weighted by molar-refractivity contribution is 0.590. The summed E-state index contributed by atoms with van der Waals surface area (Å²) in [5, 5.41) is 8.08. The van der Waals surface area contributed by atoms with E-state index in [9.17, 15) is 12.8 Å². The maximum Gasteiger partial charge on any atom is 0.268 e. The van der Waals surface area contributed by atoms with E-state index in [0.717, 1.165) is 11.1 Å². The van der Waals surface area contributed by atoms with Crippen molar-refractivity contribution in [2.45, 2.75) is 32.2 Å². The Morgan fingerprint density at radius 3 is 2.30 bits per heavy atom. The summed E-state index contributed by atoms with van der Waals surface area (Å²) in [6, 6.07) is 14.6. The smallest absolute Gasteiger partial charge is 0.268 e. The maximum absolute atomic E-state index is 13.8. The van der Waals surface area contributed by atoms with E-state index in [1.165, 1.54) is 22.5 Å². The van der Waals surface area contributed by atoms with Crippen molar-refractivity contribution in [3.8, 4) is 0 Å². The third-order valence-corrected chi connectivity index (χ3v) is 6.67. The molecule has 2 heterocycles. The van der Waals surface area contributed by atoms with E-state index in [4.69, 9.17) is 0 Å². The molecule has 0 aliphatic heterocycles. The van der Waals surface area contributed by atoms with E-state index in [-0.39, 0.29) is 22.9 Å². The van der Waals surface area contributed by atoms with E-state index in [0.29, 0.717) is 17.1 Å². The van der Waals surface area contributed by atoms with Gasteiger partial charge in [0, 0.05) is 6.20 Å². The molecule has 0 saturated heterocycles. The molecule has 6 nitrogen and oxygen atoms in total. The fourth-order valence-electron chi connectivity index (χ4n) is 3.49. The van der Waals surface area contributed by atoms with Crippen molar-refractivity contribution >= 4 is 21.4 Å². The third kappa shape index (κ3) is 3.66. The van der Waals surface area contributed by atoms with Gasteiger partial charge in [-0.2, -0.15) is 0 Å². The summed E-state index contributed by atoms with van der Waals surface area (Å²) in [4.78, 5) is 0.0619. The van der Waals surface area contributed by atoms with Crippen LogP contribution in [0.3, 0.4) is 0 Å². The number of aryl methyl sites for hydroxylation is 3. The molecular weight excluding hydrogens is 403 g/mol. The minimum Gasteiger partial charge on any atom is -0.286 e. The van der Waals surface area contributed by atoms with Crippen molar-refractivity contribution in [1.29, 1.82) is 0 Å². The van der Waals surface area contributed by atoms with Gasteiger partial charge < -0.3 is 0 Å². The molecule has 0 aliphatic rings. The highest BCUT2D eigenvalue weighted by Crippen LogP contribution is 2.29. The SMILES string of the molecule is Cc1cc(C)cc(N(Cc2ccc(F)cc2)S(=O)(=O)c2cccn3c(C)nnc23)c1. The van der Waals surface area contributed by atoms with Crippen molar-refractivity contribution in [2.24, 2.45) is 0 Å². The topological polar surface area (TPSA) is 67.6 Å². The van der Waals surface area contributed by atoms with Crippen LogP contribution in [0.25, 0.3) is 5.65 Å². The first-order chi connectivity index (χ1) is 14.3. The highest BCUT2D eigenvalue weighted by Gasteiger charge is 2.29. The number of hydrogen-bond acceptors (Lipinski definition) is 4. The van der Waals surface area contributed by atoms with E-state index in [2.05, 4.69) is 10.2 Å². The standard InChI is InChI=1S/C22H21FN4O2S/c1-15-11-16(2)13-20(12-15)27(14-18-6-8-19(23)9-7-18)30(28,29)21-5-4-10-26-17(3)24-25-22(21)26/h4-13H,14H2,1-3H3. The van der Waals surface area contributed by atoms with Gasteiger partial charge in [-0.25, -0.2) is 12.8 Å². The lowest BCUT2D eigenvalue weighted by atomic mass is 10.1. The molecule has 0 fully saturated rings. The summed E-state index contributed by atoms with van der Waals surface area (Å²) in [7, 11) is -3.99. The zero-order valence-corrected chi connectivity index (χ0v) is 17.7. The van der Waals surface area contributed by atoms with Crippen LogP contribution in [0.1, 0.15) is 22.5 Å². The monoisotopic (exact) mass is 424 g/mol. The van der Waals surface area contributed by atoms with Crippen LogP contribution in [0.5, 0.6) is 0 Å². The molecule has 0 atom stereocenters. The Morgan fingerprint density at radius 2 is 1.63 bits per heavy atom. The molecule has 0 saturated carbocycles. The number of anilines is 1. The minimum absolute atomic E-state index is 0.0552. The minimum atomic E-state index is -3.99. The molecule has 0 amide bonds. The maximum atomic E-state index is 13.8. The van der Waals surface area contributed by atoms with Crippen molar-refractivity contribution < 1.29 is 12.8 Å². The second-order valence-electron chi connectivity index (χ2n) is 7.30. The molecule has 154 valence electrons. The Hall–Kier alpha value is -3.26. The van der Waals surface area contributed by atoms with E-state index in [1.807, 2.05) is 32.0 Å². The number of fused-ring (bicyclic) bond motifs is 1. The highest BCUT2D eigenvalue weighted by atomic mass is 32.2. The van der Waals surface area contributed by atoms with Gasteiger partial charge in [0.05, 0.1) is 12.2 Å². The van der Waals surface area contributed by atoms with Crippen molar-refractivity contribution in [2.75, 3.05) is 4.31 Å². The Balaban J connectivity index is 1.90. The normalized spacial score (nSPS) is 11.7. The zero-order valence-electron chi connectivity index (χ0n) is 16.9. The van der Waals surface area contributed by atoms with Crippen molar-refractivity contribution in [3.63, 3.8) is 0 Å². The quantitative estimate of drug-likeness (QED) is 0.482. The first-order valence-electron chi connectivity index (χ1n) is 9.41. The number of pyridine rings is 1. The second-order valence-corrected chi connectivity index (χ2v) is 9.13. The first-order valence-corrected chi connectivity index (χ1v) is 10.9. The van der Waals surface area contributed by atoms with Gasteiger partial charge >= 0.3 is 0 Å². The van der Waals surface area contributed by atoms with Crippen LogP contribution in [0.4, 0.5) is 10.1 Å². The van der Waals surface area contributed by atoms with Gasteiger partial charge in [0.2, 0.25) is 0 Å². The average molecular weight is 425 g/mol. The summed E-state index contributed by atoms with van der Waals surface area (Å²) in [5.41, 5.74) is 3.36. The lowest BCUT2D eigenvalue weighted by Gasteiger charge is -2.25. The van der Waals surface area contributed by atoms with Gasteiger partial charge in [0.1, 0.15) is 16.5 Å². The molecule has 2 aromatic heterocycles. The molecule has 0 N–H and O–H groups in total. The Morgan fingerprint density at radius 1 is 0.967 bits per heavy atom. The summed E-state index contributed by atoms with van der Waals surface area (Å²) >= 11 is 0. The van der Waals surface area contributed by atoms with Crippen LogP contribution in [0.15, 0.2) is 65.7 Å². The molecule has 0 unspecified atom stereocenters. The number of hydrogen-bond donors (Lipinski definition) is 0. The molecule has 30 heavy (non-hydrogen) atoms. The first kappa shape index (κ1) is 20.0. The largest absolute Gasteiger partial charge is 0.286 e. The Labute approximate surface area is 174 Å². The lowest BCUT2D eigenvalue weighted by Crippen LogP contribution is -2.31. The second kappa shape index (κ2) is 7.53. The number of aromatic nitrogens is 3. The third-order valence-electron chi connectivity index (χ3n) is 4.87. The van der Waals surface area contributed by atoms with Crippen molar-refractivity contribution in [1.82, 2.24) is 14.6 Å². The summed E-state index contributed by atoms with van der Waals surface area (Å²) in [6.07, 6.45) is 1.73. The summed E-state index contributed by atoms with van der Waals surface area (Å²) in [6.45, 7) is 5.65. The van der Waals surface area contributed by atoms with Gasteiger partial charge in [0.25, 0.3) is 10.0 Å². The van der Waals surface area contributed by atoms with Gasteiger partial charge in [-0.15, -0.1) is 10.2 Å². The molecule has 0 radical (unpaired) electrons. The Kier molecular flexibility index (Phi) is 5.03. The Bertz CT molecular complexity index is 1310. The predicted molar refractivity (Wildman–Crippen MR) is 113 cm³/mol. The highest BCUT2D eigenvalue weighted by molar-refractivity contribution is 7.93. The molecule has 0 bridgehead atoms. The number of benzene rings is 2. The van der Waals surface area contributed by atoms with E-state index >= 15 is 0 Å². The summed E-state index contributed by atoms with van der Waals surface area (Å²) < 4.78 is 44.0. The van der Waals surface area contributed by atoms with Crippen molar-refractivity contribution in [3.05, 3.63) is 89.1 Å². The van der Waals surface area contributed by atoms with Gasteiger partial charge in [-0.3, -0.25) is 8.71 Å². The molecule has 0 aliphatic carbocycles. The van der Waals surface area contributed by atoms with Crippen LogP contribution in [-0.2, 0) is 16.6 Å². The molecule has 0 spiro atoms. The average Bonchev–Trinajstić information content (AvgIpc) is 3.07. The number of halogens is 1.